The molecule has 17 heavy (non-hydrogen) atoms. The minimum absolute atomic E-state index is 0.131. The lowest BCUT2D eigenvalue weighted by atomic mass is 10.2. The zero-order valence-corrected chi connectivity index (χ0v) is 11.3. The Morgan fingerprint density at radius 1 is 1.24 bits per heavy atom. The highest BCUT2D eigenvalue weighted by atomic mass is 16.6. The van der Waals surface area contributed by atoms with Crippen LogP contribution in [0.4, 0.5) is 0 Å². The summed E-state index contributed by atoms with van der Waals surface area (Å²) in [7, 11) is 0. The van der Waals surface area contributed by atoms with Gasteiger partial charge in [-0.3, -0.25) is 0 Å². The molecule has 0 rings (SSSR count). The van der Waals surface area contributed by atoms with Gasteiger partial charge in [0.15, 0.2) is 0 Å². The Morgan fingerprint density at radius 3 is 2.53 bits per heavy atom. The number of carbonyl (C=O) groups is 1. The molecule has 0 bridgehead atoms. The van der Waals surface area contributed by atoms with Gasteiger partial charge in [0.05, 0.1) is 12.7 Å². The predicted molar refractivity (Wildman–Crippen MR) is 66.9 cm³/mol. The summed E-state index contributed by atoms with van der Waals surface area (Å²) in [6.45, 7) is 9.67. The molecule has 0 heterocycles. The molecule has 0 amide bonds. The maximum Gasteiger partial charge on any atom is 0.333 e. The van der Waals surface area contributed by atoms with Crippen LogP contribution in [0.25, 0.3) is 0 Å². The SMILES string of the molecule is CCOCCOC(=O)C(C)=CCC(C)OCC. The van der Waals surface area contributed by atoms with Crippen molar-refractivity contribution in [1.29, 1.82) is 0 Å². The van der Waals surface area contributed by atoms with E-state index in [1.54, 1.807) is 6.92 Å². The summed E-state index contributed by atoms with van der Waals surface area (Å²) in [5.41, 5.74) is 0.619. The zero-order chi connectivity index (χ0) is 13.1. The molecule has 0 saturated heterocycles. The first-order valence-corrected chi connectivity index (χ1v) is 6.15. The van der Waals surface area contributed by atoms with E-state index in [4.69, 9.17) is 14.2 Å². The molecule has 0 aliphatic heterocycles. The Labute approximate surface area is 104 Å². The van der Waals surface area contributed by atoms with Crippen LogP contribution < -0.4 is 0 Å². The van der Waals surface area contributed by atoms with Crippen LogP contribution in [-0.2, 0) is 19.0 Å². The van der Waals surface area contributed by atoms with E-state index in [0.717, 1.165) is 6.42 Å². The molecule has 4 heteroatoms. The fourth-order valence-electron chi connectivity index (χ4n) is 1.23. The number of esters is 1. The number of hydrogen-bond acceptors (Lipinski definition) is 4. The molecule has 0 saturated carbocycles. The topological polar surface area (TPSA) is 44.8 Å². The van der Waals surface area contributed by atoms with Crippen molar-refractivity contribution < 1.29 is 19.0 Å². The first-order valence-electron chi connectivity index (χ1n) is 6.15. The van der Waals surface area contributed by atoms with Gasteiger partial charge in [0.25, 0.3) is 0 Å². The molecule has 0 N–H and O–H groups in total. The standard InChI is InChI=1S/C13H24O4/c1-5-15-9-10-17-13(14)11(3)7-8-12(4)16-6-2/h7,12H,5-6,8-10H2,1-4H3. The Morgan fingerprint density at radius 2 is 1.94 bits per heavy atom. The van der Waals surface area contributed by atoms with E-state index in [1.165, 1.54) is 0 Å². The summed E-state index contributed by atoms with van der Waals surface area (Å²) >= 11 is 0. The first-order chi connectivity index (χ1) is 8.11. The lowest BCUT2D eigenvalue weighted by molar-refractivity contribution is -0.140. The molecule has 0 aromatic carbocycles. The van der Waals surface area contributed by atoms with E-state index in [-0.39, 0.29) is 12.1 Å². The van der Waals surface area contributed by atoms with E-state index >= 15 is 0 Å². The predicted octanol–water partition coefficient (Wildman–Crippen LogP) is 2.33. The third-order valence-electron chi connectivity index (χ3n) is 2.19. The average molecular weight is 244 g/mol. The molecule has 4 nitrogen and oxygen atoms in total. The van der Waals surface area contributed by atoms with E-state index in [1.807, 2.05) is 26.8 Å². The van der Waals surface area contributed by atoms with Crippen molar-refractivity contribution in [3.05, 3.63) is 11.6 Å². The van der Waals surface area contributed by atoms with Crippen LogP contribution >= 0.6 is 0 Å². The van der Waals surface area contributed by atoms with Crippen LogP contribution in [0.3, 0.4) is 0 Å². The van der Waals surface area contributed by atoms with E-state index in [2.05, 4.69) is 0 Å². The van der Waals surface area contributed by atoms with Gasteiger partial charge in [-0.05, 0) is 34.1 Å². The van der Waals surface area contributed by atoms with Crippen molar-refractivity contribution >= 4 is 5.97 Å². The van der Waals surface area contributed by atoms with Gasteiger partial charge in [-0.1, -0.05) is 6.08 Å². The van der Waals surface area contributed by atoms with Crippen molar-refractivity contribution in [1.82, 2.24) is 0 Å². The number of hydrogen-bond donors (Lipinski definition) is 0. The molecule has 100 valence electrons. The second-order valence-corrected chi connectivity index (χ2v) is 3.72. The lowest BCUT2D eigenvalue weighted by Crippen LogP contribution is -2.12. The van der Waals surface area contributed by atoms with Gasteiger partial charge in [0.2, 0.25) is 0 Å². The zero-order valence-electron chi connectivity index (χ0n) is 11.3. The highest BCUT2D eigenvalue weighted by Gasteiger charge is 2.06. The summed E-state index contributed by atoms with van der Waals surface area (Å²) in [6, 6.07) is 0. The average Bonchev–Trinajstić information content (AvgIpc) is 2.31. The second-order valence-electron chi connectivity index (χ2n) is 3.72. The van der Waals surface area contributed by atoms with Gasteiger partial charge in [0.1, 0.15) is 6.61 Å². The smallest absolute Gasteiger partial charge is 0.333 e. The molecule has 0 aliphatic carbocycles. The maximum absolute atomic E-state index is 11.5. The third kappa shape index (κ3) is 8.89. The molecule has 0 aliphatic rings. The summed E-state index contributed by atoms with van der Waals surface area (Å²) in [6.07, 6.45) is 2.70. The van der Waals surface area contributed by atoms with Gasteiger partial charge < -0.3 is 14.2 Å². The van der Waals surface area contributed by atoms with Gasteiger partial charge in [-0.15, -0.1) is 0 Å². The lowest BCUT2D eigenvalue weighted by Gasteiger charge is -2.09. The van der Waals surface area contributed by atoms with Crippen LogP contribution in [0.15, 0.2) is 11.6 Å². The van der Waals surface area contributed by atoms with Crippen molar-refractivity contribution in [3.8, 4) is 0 Å². The van der Waals surface area contributed by atoms with Gasteiger partial charge >= 0.3 is 5.97 Å². The summed E-state index contributed by atoms with van der Waals surface area (Å²) in [5.74, 6) is -0.284. The monoisotopic (exact) mass is 244 g/mol. The van der Waals surface area contributed by atoms with E-state index in [9.17, 15) is 4.79 Å². The van der Waals surface area contributed by atoms with E-state index in [0.29, 0.717) is 32.0 Å². The van der Waals surface area contributed by atoms with Crippen LogP contribution in [0, 0.1) is 0 Å². The fraction of sp³-hybridized carbons (Fsp3) is 0.769. The van der Waals surface area contributed by atoms with Crippen molar-refractivity contribution in [2.24, 2.45) is 0 Å². The largest absolute Gasteiger partial charge is 0.460 e. The molecular weight excluding hydrogens is 220 g/mol. The quantitative estimate of drug-likeness (QED) is 0.355. The number of carbonyl (C=O) groups excluding carboxylic acids is 1. The first kappa shape index (κ1) is 16.1. The van der Waals surface area contributed by atoms with Gasteiger partial charge in [-0.2, -0.15) is 0 Å². The Hall–Kier alpha value is -0.870. The third-order valence-corrected chi connectivity index (χ3v) is 2.19. The summed E-state index contributed by atoms with van der Waals surface area (Å²) < 4.78 is 15.5. The minimum atomic E-state index is -0.284. The molecule has 1 unspecified atom stereocenters. The van der Waals surface area contributed by atoms with Gasteiger partial charge in [-0.25, -0.2) is 4.79 Å². The second kappa shape index (κ2) is 10.3. The summed E-state index contributed by atoms with van der Waals surface area (Å²) in [4.78, 5) is 11.5. The van der Waals surface area contributed by atoms with Crippen LogP contribution in [0.2, 0.25) is 0 Å². The number of ether oxygens (including phenoxy) is 3. The highest BCUT2D eigenvalue weighted by molar-refractivity contribution is 5.87. The van der Waals surface area contributed by atoms with Crippen molar-refractivity contribution in [3.63, 3.8) is 0 Å². The molecule has 0 spiro atoms. The van der Waals surface area contributed by atoms with Crippen molar-refractivity contribution in [2.75, 3.05) is 26.4 Å². The fourth-order valence-corrected chi connectivity index (χ4v) is 1.23. The molecular formula is C13H24O4. The normalized spacial score (nSPS) is 13.5. The molecule has 0 aromatic heterocycles. The van der Waals surface area contributed by atoms with E-state index < -0.39 is 0 Å². The molecule has 1 atom stereocenters. The van der Waals surface area contributed by atoms with Crippen molar-refractivity contribution in [2.45, 2.75) is 40.2 Å². The maximum atomic E-state index is 11.5. The Bertz CT molecular complexity index is 236. The molecule has 0 aromatic rings. The number of rotatable bonds is 9. The molecule has 0 radical (unpaired) electrons. The highest BCUT2D eigenvalue weighted by Crippen LogP contribution is 2.04. The van der Waals surface area contributed by atoms with Crippen LogP contribution in [0.5, 0.6) is 0 Å². The Kier molecular flexibility index (Phi) is 9.77. The molecule has 0 fully saturated rings. The summed E-state index contributed by atoms with van der Waals surface area (Å²) in [5, 5.41) is 0. The Balaban J connectivity index is 3.82. The van der Waals surface area contributed by atoms with Crippen LogP contribution in [-0.4, -0.2) is 38.5 Å². The van der Waals surface area contributed by atoms with Crippen LogP contribution in [0.1, 0.15) is 34.1 Å². The minimum Gasteiger partial charge on any atom is -0.460 e. The van der Waals surface area contributed by atoms with Gasteiger partial charge in [0, 0.05) is 18.8 Å².